The van der Waals surface area contributed by atoms with Gasteiger partial charge in [-0.15, -0.1) is 0 Å². The van der Waals surface area contributed by atoms with Crippen molar-refractivity contribution in [2.24, 2.45) is 52.1 Å². The molecule has 35 heavy (non-hydrogen) atoms. The molecule has 0 radical (unpaired) electrons. The number of amides is 1. The van der Waals surface area contributed by atoms with Crippen molar-refractivity contribution < 1.29 is 19.8 Å². The van der Waals surface area contributed by atoms with Gasteiger partial charge in [0.1, 0.15) is 0 Å². The molecule has 4 saturated carbocycles. The quantitative estimate of drug-likeness (QED) is 0.458. The Labute approximate surface area is 212 Å². The molecular weight excluding hydrogens is 440 g/mol. The van der Waals surface area contributed by atoms with E-state index in [4.69, 9.17) is 10.8 Å². The fourth-order valence-electron chi connectivity index (χ4n) is 9.67. The zero-order valence-corrected chi connectivity index (χ0v) is 22.5. The second-order valence-electron chi connectivity index (χ2n) is 13.2. The SMILES string of the molecule is CCN(CCC(=O)O)C(=O)CCC(C)C1CCC2C3C(CC[C@]12C)C1(C)CC[C@@H](O)CC1C[C@@H]3N. The van der Waals surface area contributed by atoms with E-state index in [1.54, 1.807) is 4.90 Å². The van der Waals surface area contributed by atoms with E-state index in [9.17, 15) is 14.7 Å². The fraction of sp³-hybridized carbons (Fsp3) is 0.931. The molecule has 10 atom stereocenters. The number of aliphatic hydroxyl groups excluding tert-OH is 1. The first-order chi connectivity index (χ1) is 16.5. The molecule has 4 aliphatic rings. The van der Waals surface area contributed by atoms with Crippen LogP contribution in [0.2, 0.25) is 0 Å². The number of fused-ring (bicyclic) bond motifs is 5. The van der Waals surface area contributed by atoms with Crippen LogP contribution in [0.5, 0.6) is 0 Å². The van der Waals surface area contributed by atoms with Crippen molar-refractivity contribution in [3.63, 3.8) is 0 Å². The molecule has 6 nitrogen and oxygen atoms in total. The summed E-state index contributed by atoms with van der Waals surface area (Å²) in [4.78, 5) is 25.4. The maximum atomic E-state index is 12.8. The Bertz CT molecular complexity index is 789. The molecule has 0 aromatic heterocycles. The summed E-state index contributed by atoms with van der Waals surface area (Å²) in [7, 11) is 0. The minimum absolute atomic E-state index is 0.0130. The number of hydrogen-bond donors (Lipinski definition) is 3. The number of hydrogen-bond acceptors (Lipinski definition) is 4. The summed E-state index contributed by atoms with van der Waals surface area (Å²) in [5.74, 6) is 2.87. The molecular formula is C29H50N2O4. The average Bonchev–Trinajstić information content (AvgIpc) is 3.16. The highest BCUT2D eigenvalue weighted by Crippen LogP contribution is 2.68. The van der Waals surface area contributed by atoms with Gasteiger partial charge >= 0.3 is 5.97 Å². The number of carboxylic acid groups (broad SMARTS) is 1. The summed E-state index contributed by atoms with van der Waals surface area (Å²) in [6.07, 6.45) is 10.4. The number of aliphatic hydroxyl groups is 1. The number of nitrogens with zero attached hydrogens (tertiary/aromatic N) is 1. The largest absolute Gasteiger partial charge is 0.481 e. The second-order valence-corrected chi connectivity index (χ2v) is 13.2. The molecule has 4 aliphatic carbocycles. The van der Waals surface area contributed by atoms with Gasteiger partial charge in [0, 0.05) is 25.6 Å². The van der Waals surface area contributed by atoms with Crippen LogP contribution in [-0.2, 0) is 9.59 Å². The van der Waals surface area contributed by atoms with Crippen LogP contribution in [0.25, 0.3) is 0 Å². The van der Waals surface area contributed by atoms with Crippen molar-refractivity contribution in [2.75, 3.05) is 13.1 Å². The highest BCUT2D eigenvalue weighted by Gasteiger charge is 2.62. The Morgan fingerprint density at radius 3 is 2.40 bits per heavy atom. The smallest absolute Gasteiger partial charge is 0.305 e. The van der Waals surface area contributed by atoms with Gasteiger partial charge in [-0.1, -0.05) is 20.8 Å². The topological polar surface area (TPSA) is 104 Å². The zero-order chi connectivity index (χ0) is 25.5. The van der Waals surface area contributed by atoms with Crippen molar-refractivity contribution in [2.45, 2.75) is 110 Å². The molecule has 0 bridgehead atoms. The second kappa shape index (κ2) is 10.3. The third-order valence-electron chi connectivity index (χ3n) is 11.6. The Hall–Kier alpha value is -1.14. The monoisotopic (exact) mass is 490 g/mol. The minimum Gasteiger partial charge on any atom is -0.481 e. The number of nitrogens with two attached hydrogens (primary N) is 1. The van der Waals surface area contributed by atoms with Crippen LogP contribution in [-0.4, -0.2) is 52.2 Å². The van der Waals surface area contributed by atoms with Gasteiger partial charge in [-0.05, 0) is 111 Å². The molecule has 6 heteroatoms. The van der Waals surface area contributed by atoms with Crippen molar-refractivity contribution in [3.05, 3.63) is 0 Å². The lowest BCUT2D eigenvalue weighted by molar-refractivity contribution is -0.139. The summed E-state index contributed by atoms with van der Waals surface area (Å²) in [6, 6.07) is 0.246. The highest BCUT2D eigenvalue weighted by molar-refractivity contribution is 5.77. The highest BCUT2D eigenvalue weighted by atomic mass is 16.4. The van der Waals surface area contributed by atoms with E-state index in [0.717, 1.165) is 32.1 Å². The molecule has 0 spiro atoms. The van der Waals surface area contributed by atoms with Gasteiger partial charge in [0.05, 0.1) is 12.5 Å². The molecule has 4 N–H and O–H groups in total. The number of aliphatic carboxylic acids is 1. The molecule has 200 valence electrons. The zero-order valence-electron chi connectivity index (χ0n) is 22.5. The van der Waals surface area contributed by atoms with Crippen LogP contribution in [0.1, 0.15) is 98.3 Å². The number of rotatable bonds is 8. The van der Waals surface area contributed by atoms with Crippen LogP contribution in [0, 0.1) is 46.3 Å². The van der Waals surface area contributed by atoms with Crippen LogP contribution in [0.4, 0.5) is 0 Å². The molecule has 0 aromatic carbocycles. The van der Waals surface area contributed by atoms with E-state index in [1.807, 2.05) is 6.92 Å². The molecule has 4 rings (SSSR count). The van der Waals surface area contributed by atoms with Gasteiger partial charge in [0.2, 0.25) is 5.91 Å². The maximum absolute atomic E-state index is 12.8. The fourth-order valence-corrected chi connectivity index (χ4v) is 9.67. The predicted octanol–water partition coefficient (Wildman–Crippen LogP) is 4.68. The van der Waals surface area contributed by atoms with Crippen molar-refractivity contribution in [1.82, 2.24) is 4.90 Å². The Morgan fingerprint density at radius 1 is 1.03 bits per heavy atom. The van der Waals surface area contributed by atoms with Gasteiger partial charge in [0.25, 0.3) is 0 Å². The Balaban J connectivity index is 1.41. The van der Waals surface area contributed by atoms with E-state index in [-0.39, 0.29) is 24.5 Å². The number of carbonyl (C=O) groups is 2. The Morgan fingerprint density at radius 2 is 1.71 bits per heavy atom. The van der Waals surface area contributed by atoms with Gasteiger partial charge in [-0.2, -0.15) is 0 Å². The predicted molar refractivity (Wildman–Crippen MR) is 137 cm³/mol. The molecule has 0 aliphatic heterocycles. The first-order valence-electron chi connectivity index (χ1n) is 14.4. The lowest BCUT2D eigenvalue weighted by Crippen LogP contribution is -2.60. The van der Waals surface area contributed by atoms with E-state index in [0.29, 0.717) is 65.8 Å². The number of carbonyl (C=O) groups excluding carboxylic acids is 1. The van der Waals surface area contributed by atoms with Crippen LogP contribution in [0.3, 0.4) is 0 Å². The average molecular weight is 491 g/mol. The summed E-state index contributed by atoms with van der Waals surface area (Å²) in [5, 5.41) is 19.3. The van der Waals surface area contributed by atoms with Crippen LogP contribution in [0.15, 0.2) is 0 Å². The van der Waals surface area contributed by atoms with Gasteiger partial charge in [-0.25, -0.2) is 0 Å². The lowest BCUT2D eigenvalue weighted by Gasteiger charge is -2.63. The molecule has 0 aromatic rings. The van der Waals surface area contributed by atoms with Gasteiger partial charge in [-0.3, -0.25) is 9.59 Å². The van der Waals surface area contributed by atoms with E-state index in [2.05, 4.69) is 20.8 Å². The van der Waals surface area contributed by atoms with Gasteiger partial charge < -0.3 is 20.8 Å². The van der Waals surface area contributed by atoms with E-state index < -0.39 is 5.97 Å². The van der Waals surface area contributed by atoms with Crippen molar-refractivity contribution in [3.8, 4) is 0 Å². The maximum Gasteiger partial charge on any atom is 0.305 e. The van der Waals surface area contributed by atoms with Gasteiger partial charge in [0.15, 0.2) is 0 Å². The lowest BCUT2D eigenvalue weighted by atomic mass is 9.43. The molecule has 4 fully saturated rings. The van der Waals surface area contributed by atoms with E-state index >= 15 is 0 Å². The molecule has 7 unspecified atom stereocenters. The first kappa shape index (κ1) is 26.9. The van der Waals surface area contributed by atoms with Crippen LogP contribution >= 0.6 is 0 Å². The summed E-state index contributed by atoms with van der Waals surface area (Å²) < 4.78 is 0. The third-order valence-corrected chi connectivity index (χ3v) is 11.6. The summed E-state index contributed by atoms with van der Waals surface area (Å²) in [5.41, 5.74) is 7.59. The molecule has 0 heterocycles. The number of carboxylic acids is 1. The summed E-state index contributed by atoms with van der Waals surface area (Å²) in [6.45, 7) is 10.2. The normalized spacial score (nSPS) is 43.5. The first-order valence-corrected chi connectivity index (χ1v) is 14.4. The molecule has 1 amide bonds. The van der Waals surface area contributed by atoms with Crippen molar-refractivity contribution >= 4 is 11.9 Å². The minimum atomic E-state index is -0.851. The van der Waals surface area contributed by atoms with E-state index in [1.165, 1.54) is 25.7 Å². The van der Waals surface area contributed by atoms with Crippen LogP contribution < -0.4 is 5.73 Å². The third kappa shape index (κ3) is 4.91. The van der Waals surface area contributed by atoms with Crippen molar-refractivity contribution in [1.29, 1.82) is 0 Å². The summed E-state index contributed by atoms with van der Waals surface area (Å²) >= 11 is 0. The Kier molecular flexibility index (Phi) is 7.93. The standard InChI is InChI=1S/C29H50N2O4/c1-5-31(15-12-26(34)35)25(33)9-6-18(2)21-7-8-22-27-23(11-14-29(21,22)4)28(3)13-10-20(32)16-19(28)17-24(27)30/h18-24,27,32H,5-17,30H2,1-4H3,(H,34,35)/t18?,19?,20-,21?,22?,23?,24+,27?,28?,29-/m1/s1. The molecule has 0 saturated heterocycles.